The minimum Gasteiger partial charge on any atom is -0.508 e. The van der Waals surface area contributed by atoms with Gasteiger partial charge in [-0.15, -0.1) is 0 Å². The van der Waals surface area contributed by atoms with Crippen molar-refractivity contribution in [1.82, 2.24) is 10.4 Å². The number of nitro benzene ring substituents is 1. The molecule has 106 valence electrons. The van der Waals surface area contributed by atoms with Crippen LogP contribution in [0.4, 0.5) is 5.69 Å². The fraction of sp³-hybridized carbons (Fsp3) is 0. The number of hydrogen-bond acceptors (Lipinski definition) is 6. The number of phenolic OH excluding ortho intramolecular Hbond substituents is 1. The van der Waals surface area contributed by atoms with E-state index in [4.69, 9.17) is 0 Å². The van der Waals surface area contributed by atoms with Gasteiger partial charge in [0.2, 0.25) is 0 Å². The maximum absolute atomic E-state index is 11.7. The molecule has 0 unspecified atom stereocenters. The highest BCUT2D eigenvalue weighted by Crippen LogP contribution is 2.21. The molecule has 1 aromatic carbocycles. The van der Waals surface area contributed by atoms with E-state index < -0.39 is 10.8 Å². The highest BCUT2D eigenvalue weighted by Gasteiger charge is 2.12. The number of pyridine rings is 1. The summed E-state index contributed by atoms with van der Waals surface area (Å²) in [5.74, 6) is -0.636. The Balaban J connectivity index is 2.13. The van der Waals surface area contributed by atoms with E-state index in [0.29, 0.717) is 5.56 Å². The zero-order valence-electron chi connectivity index (χ0n) is 10.6. The summed E-state index contributed by atoms with van der Waals surface area (Å²) in [6.07, 6.45) is 3.98. The summed E-state index contributed by atoms with van der Waals surface area (Å²) in [6.45, 7) is 0. The van der Waals surface area contributed by atoms with Gasteiger partial charge in [0.05, 0.1) is 22.3 Å². The summed E-state index contributed by atoms with van der Waals surface area (Å²) in [5.41, 5.74) is 2.37. The monoisotopic (exact) mass is 286 g/mol. The number of nitrogens with one attached hydrogen (secondary N) is 1. The molecule has 2 rings (SSSR count). The third kappa shape index (κ3) is 3.60. The van der Waals surface area contributed by atoms with Gasteiger partial charge in [0.25, 0.3) is 11.6 Å². The molecule has 0 atom stereocenters. The lowest BCUT2D eigenvalue weighted by Crippen LogP contribution is -2.17. The predicted molar refractivity (Wildman–Crippen MR) is 74.1 cm³/mol. The van der Waals surface area contributed by atoms with Crippen LogP contribution >= 0.6 is 0 Å². The molecule has 0 radical (unpaired) electrons. The third-order valence-electron chi connectivity index (χ3n) is 2.50. The Bertz CT molecular complexity index is 701. The zero-order chi connectivity index (χ0) is 15.2. The Hall–Kier alpha value is -3.29. The van der Waals surface area contributed by atoms with E-state index in [9.17, 15) is 20.0 Å². The first-order valence-electron chi connectivity index (χ1n) is 5.79. The Kier molecular flexibility index (Phi) is 4.20. The second-order valence-corrected chi connectivity index (χ2v) is 3.94. The number of carbonyl (C=O) groups excluding carboxylic acids is 1. The van der Waals surface area contributed by atoms with Crippen LogP contribution in [-0.4, -0.2) is 27.1 Å². The topological polar surface area (TPSA) is 118 Å². The van der Waals surface area contributed by atoms with Gasteiger partial charge in [-0.3, -0.25) is 19.9 Å². The van der Waals surface area contributed by atoms with Crippen LogP contribution < -0.4 is 5.43 Å². The van der Waals surface area contributed by atoms with Crippen molar-refractivity contribution in [1.29, 1.82) is 0 Å². The van der Waals surface area contributed by atoms with Crippen molar-refractivity contribution in [3.63, 3.8) is 0 Å². The van der Waals surface area contributed by atoms with Gasteiger partial charge < -0.3 is 5.11 Å². The first-order chi connectivity index (χ1) is 10.1. The van der Waals surface area contributed by atoms with Gasteiger partial charge in [0.15, 0.2) is 0 Å². The lowest BCUT2D eigenvalue weighted by molar-refractivity contribution is -0.385. The van der Waals surface area contributed by atoms with E-state index in [0.717, 1.165) is 12.3 Å². The van der Waals surface area contributed by atoms with Gasteiger partial charge in [0, 0.05) is 18.5 Å². The van der Waals surface area contributed by atoms with Crippen molar-refractivity contribution in [3.05, 3.63) is 64.0 Å². The number of rotatable bonds is 4. The molecule has 0 spiro atoms. The molecule has 0 aliphatic heterocycles. The van der Waals surface area contributed by atoms with Gasteiger partial charge in [-0.2, -0.15) is 5.10 Å². The minimum atomic E-state index is -0.607. The van der Waals surface area contributed by atoms with E-state index in [1.165, 1.54) is 24.5 Å². The molecule has 21 heavy (non-hydrogen) atoms. The van der Waals surface area contributed by atoms with Crippen LogP contribution in [0.3, 0.4) is 0 Å². The van der Waals surface area contributed by atoms with Crippen LogP contribution in [0.25, 0.3) is 0 Å². The number of carbonyl (C=O) groups is 1. The smallest absolute Gasteiger partial charge is 0.278 e. The Morgan fingerprint density at radius 1 is 1.43 bits per heavy atom. The van der Waals surface area contributed by atoms with Crippen molar-refractivity contribution in [2.45, 2.75) is 0 Å². The predicted octanol–water partition coefficient (Wildman–Crippen LogP) is 1.46. The van der Waals surface area contributed by atoms with Crippen molar-refractivity contribution in [2.75, 3.05) is 0 Å². The fourth-order valence-electron chi connectivity index (χ4n) is 1.53. The zero-order valence-corrected chi connectivity index (χ0v) is 10.6. The van der Waals surface area contributed by atoms with Gasteiger partial charge >= 0.3 is 0 Å². The second-order valence-electron chi connectivity index (χ2n) is 3.94. The number of benzene rings is 1. The molecule has 2 aromatic rings. The van der Waals surface area contributed by atoms with Crippen molar-refractivity contribution >= 4 is 17.8 Å². The van der Waals surface area contributed by atoms with Crippen molar-refractivity contribution in [2.24, 2.45) is 5.10 Å². The maximum atomic E-state index is 11.7. The molecule has 0 aliphatic carbocycles. The molecular weight excluding hydrogens is 276 g/mol. The number of hydrazone groups is 1. The molecule has 1 aromatic heterocycles. The number of hydrogen-bond donors (Lipinski definition) is 2. The summed E-state index contributed by atoms with van der Waals surface area (Å²) in [4.78, 5) is 25.7. The van der Waals surface area contributed by atoms with E-state index >= 15 is 0 Å². The standard InChI is InChI=1S/C13H10N4O4/c18-11-3-4-12(17(20)21)10(6-11)8-15-16-13(19)9-2-1-5-14-7-9/h1-8,18H,(H,16,19)/b15-8-. The largest absolute Gasteiger partial charge is 0.508 e. The molecule has 0 bridgehead atoms. The van der Waals surface area contributed by atoms with Crippen LogP contribution in [0.2, 0.25) is 0 Å². The summed E-state index contributed by atoms with van der Waals surface area (Å²) in [5, 5.41) is 23.8. The highest BCUT2D eigenvalue weighted by molar-refractivity contribution is 5.95. The highest BCUT2D eigenvalue weighted by atomic mass is 16.6. The molecular formula is C13H10N4O4. The van der Waals surface area contributed by atoms with E-state index in [2.05, 4.69) is 15.5 Å². The number of aromatic hydroxyl groups is 1. The van der Waals surface area contributed by atoms with Crippen LogP contribution in [-0.2, 0) is 0 Å². The van der Waals surface area contributed by atoms with E-state index in [1.54, 1.807) is 12.1 Å². The molecule has 0 saturated carbocycles. The first kappa shape index (κ1) is 14.1. The van der Waals surface area contributed by atoms with Crippen LogP contribution in [0.15, 0.2) is 47.8 Å². The average Bonchev–Trinajstić information content (AvgIpc) is 2.48. The fourth-order valence-corrected chi connectivity index (χ4v) is 1.53. The number of phenols is 1. The number of nitrogens with zero attached hydrogens (tertiary/aromatic N) is 3. The summed E-state index contributed by atoms with van der Waals surface area (Å²) in [7, 11) is 0. The third-order valence-corrected chi connectivity index (χ3v) is 2.50. The molecule has 1 amide bonds. The SMILES string of the molecule is O=C(N/N=C\c1cc(O)ccc1[N+](=O)[O-])c1cccnc1. The summed E-state index contributed by atoms with van der Waals surface area (Å²) in [6, 6.07) is 6.68. The van der Waals surface area contributed by atoms with Crippen LogP contribution in [0.1, 0.15) is 15.9 Å². The number of amides is 1. The maximum Gasteiger partial charge on any atom is 0.278 e. The molecule has 2 N–H and O–H groups in total. The Morgan fingerprint density at radius 3 is 2.90 bits per heavy atom. The van der Waals surface area contributed by atoms with Gasteiger partial charge in [-0.05, 0) is 24.3 Å². The van der Waals surface area contributed by atoms with Gasteiger partial charge in [-0.25, -0.2) is 5.43 Å². The molecule has 0 fully saturated rings. The lowest BCUT2D eigenvalue weighted by atomic mass is 10.2. The van der Waals surface area contributed by atoms with E-state index in [-0.39, 0.29) is 17.0 Å². The quantitative estimate of drug-likeness (QED) is 0.501. The Morgan fingerprint density at radius 2 is 2.24 bits per heavy atom. The summed E-state index contributed by atoms with van der Waals surface area (Å²) >= 11 is 0. The van der Waals surface area contributed by atoms with E-state index in [1.807, 2.05) is 0 Å². The molecule has 0 aliphatic rings. The van der Waals surface area contributed by atoms with Gasteiger partial charge in [0.1, 0.15) is 5.75 Å². The Labute approximate surface area is 118 Å². The number of aromatic nitrogens is 1. The molecule has 0 saturated heterocycles. The van der Waals surface area contributed by atoms with Crippen molar-refractivity contribution < 1.29 is 14.8 Å². The van der Waals surface area contributed by atoms with Gasteiger partial charge in [-0.1, -0.05) is 0 Å². The van der Waals surface area contributed by atoms with Crippen LogP contribution in [0.5, 0.6) is 5.75 Å². The average molecular weight is 286 g/mol. The molecule has 8 nitrogen and oxygen atoms in total. The summed E-state index contributed by atoms with van der Waals surface area (Å²) < 4.78 is 0. The van der Waals surface area contributed by atoms with Crippen molar-refractivity contribution in [3.8, 4) is 5.75 Å². The molecule has 8 heteroatoms. The second kappa shape index (κ2) is 6.24. The normalized spacial score (nSPS) is 10.5. The lowest BCUT2D eigenvalue weighted by Gasteiger charge is -2.00. The minimum absolute atomic E-state index is 0.0755. The molecule has 1 heterocycles. The first-order valence-corrected chi connectivity index (χ1v) is 5.79. The van der Waals surface area contributed by atoms with Crippen LogP contribution in [0, 0.1) is 10.1 Å². The number of nitro groups is 1.